The van der Waals surface area contributed by atoms with Gasteiger partial charge in [0.25, 0.3) is 0 Å². The molecule has 0 rings (SSSR count). The molecule has 0 aromatic carbocycles. The van der Waals surface area contributed by atoms with Crippen molar-refractivity contribution in [2.45, 2.75) is 26.8 Å². The fourth-order valence-electron chi connectivity index (χ4n) is 1.06. The van der Waals surface area contributed by atoms with Crippen molar-refractivity contribution in [3.8, 4) is 0 Å². The normalized spacial score (nSPS) is 12.5. The Bertz CT molecular complexity index is 246. The lowest BCUT2D eigenvalue weighted by atomic mass is 10.2. The SMILES string of the molecule is CC(=O)N[C@@H](CSCCOCC(C)C)C(=O)O. The molecule has 0 saturated heterocycles. The van der Waals surface area contributed by atoms with Gasteiger partial charge < -0.3 is 15.2 Å². The summed E-state index contributed by atoms with van der Waals surface area (Å²) in [4.78, 5) is 21.5. The number of nitrogens with one attached hydrogen (secondary N) is 1. The zero-order chi connectivity index (χ0) is 13.3. The molecule has 0 aliphatic carbocycles. The van der Waals surface area contributed by atoms with Crippen molar-refractivity contribution in [2.24, 2.45) is 5.92 Å². The van der Waals surface area contributed by atoms with Crippen molar-refractivity contribution in [3.63, 3.8) is 0 Å². The molecule has 0 aliphatic rings. The molecule has 6 heteroatoms. The fraction of sp³-hybridized carbons (Fsp3) is 0.818. The molecule has 1 amide bonds. The van der Waals surface area contributed by atoms with E-state index in [0.717, 1.165) is 5.75 Å². The van der Waals surface area contributed by atoms with Crippen LogP contribution in [0.15, 0.2) is 0 Å². The van der Waals surface area contributed by atoms with E-state index in [9.17, 15) is 9.59 Å². The lowest BCUT2D eigenvalue weighted by molar-refractivity contribution is -0.140. The predicted octanol–water partition coefficient (Wildman–Crippen LogP) is 0.981. The van der Waals surface area contributed by atoms with Crippen molar-refractivity contribution in [1.82, 2.24) is 5.32 Å². The zero-order valence-corrected chi connectivity index (χ0v) is 11.4. The molecule has 0 fully saturated rings. The van der Waals surface area contributed by atoms with Gasteiger partial charge in [0.15, 0.2) is 0 Å². The third-order valence-electron chi connectivity index (χ3n) is 1.78. The number of carbonyl (C=O) groups is 2. The van der Waals surface area contributed by atoms with Gasteiger partial charge in [-0.2, -0.15) is 11.8 Å². The average molecular weight is 263 g/mol. The van der Waals surface area contributed by atoms with Crippen LogP contribution < -0.4 is 5.32 Å². The second-order valence-corrected chi connectivity index (χ2v) is 5.28. The number of hydrogen-bond donors (Lipinski definition) is 2. The summed E-state index contributed by atoms with van der Waals surface area (Å²) >= 11 is 1.46. The molecule has 0 aliphatic heterocycles. The summed E-state index contributed by atoms with van der Waals surface area (Å²) in [6.45, 7) is 6.78. The topological polar surface area (TPSA) is 75.6 Å². The molecule has 100 valence electrons. The first-order valence-electron chi connectivity index (χ1n) is 5.59. The third-order valence-corrected chi connectivity index (χ3v) is 2.81. The molecule has 0 unspecified atom stereocenters. The van der Waals surface area contributed by atoms with Crippen LogP contribution in [0.4, 0.5) is 0 Å². The maximum atomic E-state index is 10.8. The monoisotopic (exact) mass is 263 g/mol. The highest BCUT2D eigenvalue weighted by atomic mass is 32.2. The van der Waals surface area contributed by atoms with Gasteiger partial charge in [-0.1, -0.05) is 13.8 Å². The highest BCUT2D eigenvalue weighted by Gasteiger charge is 2.17. The summed E-state index contributed by atoms with van der Waals surface area (Å²) in [6.07, 6.45) is 0. The summed E-state index contributed by atoms with van der Waals surface area (Å²) < 4.78 is 5.36. The van der Waals surface area contributed by atoms with E-state index in [1.807, 2.05) is 0 Å². The van der Waals surface area contributed by atoms with Crippen LogP contribution in [0.5, 0.6) is 0 Å². The first kappa shape index (κ1) is 16.2. The average Bonchev–Trinajstić information content (AvgIpc) is 2.20. The molecule has 1 atom stereocenters. The number of rotatable bonds is 9. The van der Waals surface area contributed by atoms with Gasteiger partial charge in [0.05, 0.1) is 6.61 Å². The lowest BCUT2D eigenvalue weighted by Crippen LogP contribution is -2.41. The van der Waals surface area contributed by atoms with E-state index >= 15 is 0 Å². The van der Waals surface area contributed by atoms with Crippen molar-refractivity contribution in [1.29, 1.82) is 0 Å². The van der Waals surface area contributed by atoms with E-state index < -0.39 is 12.0 Å². The largest absolute Gasteiger partial charge is 0.480 e. The number of ether oxygens (including phenoxy) is 1. The standard InChI is InChI=1S/C11H21NO4S/c1-8(2)6-16-4-5-17-7-10(11(14)15)12-9(3)13/h8,10H,4-7H2,1-3H3,(H,12,13)(H,14,15)/t10-/m0/s1. The predicted molar refractivity (Wildman–Crippen MR) is 68.2 cm³/mol. The number of thioether (sulfide) groups is 1. The lowest BCUT2D eigenvalue weighted by Gasteiger charge is -2.12. The van der Waals surface area contributed by atoms with E-state index in [1.54, 1.807) is 0 Å². The number of hydrogen-bond acceptors (Lipinski definition) is 4. The third kappa shape index (κ3) is 10.1. The van der Waals surface area contributed by atoms with Crippen LogP contribution in [-0.2, 0) is 14.3 Å². The van der Waals surface area contributed by atoms with E-state index in [4.69, 9.17) is 9.84 Å². The quantitative estimate of drug-likeness (QED) is 0.607. The minimum Gasteiger partial charge on any atom is -0.480 e. The molecule has 0 spiro atoms. The Labute approximate surface area is 106 Å². The second kappa shape index (κ2) is 9.30. The molecule has 0 radical (unpaired) electrons. The first-order chi connectivity index (χ1) is 7.93. The van der Waals surface area contributed by atoms with Crippen LogP contribution >= 0.6 is 11.8 Å². The Kier molecular flexibility index (Phi) is 8.89. The van der Waals surface area contributed by atoms with Crippen LogP contribution in [0.3, 0.4) is 0 Å². The second-order valence-electron chi connectivity index (χ2n) is 4.14. The molecule has 5 nitrogen and oxygen atoms in total. The molecule has 0 bridgehead atoms. The summed E-state index contributed by atoms with van der Waals surface area (Å²) in [5, 5.41) is 11.2. The molecule has 17 heavy (non-hydrogen) atoms. The molecule has 0 saturated carbocycles. The molecule has 0 aromatic heterocycles. The number of aliphatic carboxylic acids is 1. The number of carboxylic acids is 1. The van der Waals surface area contributed by atoms with Crippen molar-refractivity contribution >= 4 is 23.6 Å². The van der Waals surface area contributed by atoms with Crippen LogP contribution in [0.25, 0.3) is 0 Å². The number of amides is 1. The molecular formula is C11H21NO4S. The smallest absolute Gasteiger partial charge is 0.327 e. The highest BCUT2D eigenvalue weighted by Crippen LogP contribution is 2.04. The molecular weight excluding hydrogens is 242 g/mol. The zero-order valence-electron chi connectivity index (χ0n) is 10.6. The van der Waals surface area contributed by atoms with E-state index in [-0.39, 0.29) is 5.91 Å². The fourth-order valence-corrected chi connectivity index (χ4v) is 1.92. The van der Waals surface area contributed by atoms with E-state index in [2.05, 4.69) is 19.2 Å². The van der Waals surface area contributed by atoms with Crippen LogP contribution in [-0.4, -0.2) is 47.7 Å². The Morgan fingerprint density at radius 2 is 2.06 bits per heavy atom. The van der Waals surface area contributed by atoms with Crippen LogP contribution in [0, 0.1) is 5.92 Å². The minimum absolute atomic E-state index is 0.325. The van der Waals surface area contributed by atoms with E-state index in [1.165, 1.54) is 18.7 Å². The van der Waals surface area contributed by atoms with Gasteiger partial charge in [-0.25, -0.2) is 4.79 Å². The Hall–Kier alpha value is -0.750. The molecule has 0 aromatic rings. The maximum Gasteiger partial charge on any atom is 0.327 e. The Morgan fingerprint density at radius 3 is 2.53 bits per heavy atom. The highest BCUT2D eigenvalue weighted by molar-refractivity contribution is 7.99. The van der Waals surface area contributed by atoms with Gasteiger partial charge in [0.1, 0.15) is 6.04 Å². The van der Waals surface area contributed by atoms with Gasteiger partial charge in [-0.05, 0) is 5.92 Å². The summed E-state index contributed by atoms with van der Waals surface area (Å²) in [5.74, 6) is 0.270. The first-order valence-corrected chi connectivity index (χ1v) is 6.74. The molecule has 0 heterocycles. The summed E-state index contributed by atoms with van der Waals surface area (Å²) in [7, 11) is 0. The van der Waals surface area contributed by atoms with Gasteiger partial charge in [-0.15, -0.1) is 0 Å². The maximum absolute atomic E-state index is 10.8. The number of carbonyl (C=O) groups excluding carboxylic acids is 1. The van der Waals surface area contributed by atoms with Crippen LogP contribution in [0.1, 0.15) is 20.8 Å². The van der Waals surface area contributed by atoms with Crippen molar-refractivity contribution < 1.29 is 19.4 Å². The van der Waals surface area contributed by atoms with E-state index in [0.29, 0.717) is 24.9 Å². The van der Waals surface area contributed by atoms with Crippen molar-refractivity contribution in [2.75, 3.05) is 24.7 Å². The van der Waals surface area contributed by atoms with Gasteiger partial charge >= 0.3 is 5.97 Å². The van der Waals surface area contributed by atoms with Gasteiger partial charge in [0.2, 0.25) is 5.91 Å². The van der Waals surface area contributed by atoms with Crippen LogP contribution in [0.2, 0.25) is 0 Å². The Balaban J connectivity index is 3.61. The summed E-state index contributed by atoms with van der Waals surface area (Å²) in [6, 6.07) is -0.817. The number of carboxylic acid groups (broad SMARTS) is 1. The van der Waals surface area contributed by atoms with Gasteiger partial charge in [-0.3, -0.25) is 4.79 Å². The van der Waals surface area contributed by atoms with Gasteiger partial charge in [0, 0.05) is 25.0 Å². The van der Waals surface area contributed by atoms with Crippen molar-refractivity contribution in [3.05, 3.63) is 0 Å². The Morgan fingerprint density at radius 1 is 1.41 bits per heavy atom. The molecule has 2 N–H and O–H groups in total. The summed E-state index contributed by atoms with van der Waals surface area (Å²) in [5.41, 5.74) is 0. The minimum atomic E-state index is -1.00.